The standard InChI is InChI=1S/C16H17/c1-12(2)14-8-10-16(11-9-14)15-6-4-13(3)5-7-15/h4-6,8-12H,1-3H3. The van der Waals surface area contributed by atoms with Crippen LogP contribution in [0.3, 0.4) is 0 Å². The van der Waals surface area contributed by atoms with Gasteiger partial charge in [-0.25, -0.2) is 0 Å². The first-order valence-electron chi connectivity index (χ1n) is 5.75. The minimum atomic E-state index is 0.594. The molecule has 0 atom stereocenters. The summed E-state index contributed by atoms with van der Waals surface area (Å²) in [6, 6.07) is 18.3. The summed E-state index contributed by atoms with van der Waals surface area (Å²) in [6.45, 7) is 6.52. The maximum atomic E-state index is 3.30. The lowest BCUT2D eigenvalue weighted by Gasteiger charge is -2.07. The topological polar surface area (TPSA) is 0 Å². The van der Waals surface area contributed by atoms with E-state index in [0.717, 1.165) is 0 Å². The Morgan fingerprint density at radius 1 is 0.938 bits per heavy atom. The van der Waals surface area contributed by atoms with Crippen LogP contribution in [0.25, 0.3) is 11.1 Å². The number of hydrogen-bond donors (Lipinski definition) is 0. The van der Waals surface area contributed by atoms with Crippen LogP contribution in [0.5, 0.6) is 0 Å². The van der Waals surface area contributed by atoms with E-state index in [4.69, 9.17) is 0 Å². The van der Waals surface area contributed by atoms with Gasteiger partial charge in [-0.1, -0.05) is 61.9 Å². The zero-order chi connectivity index (χ0) is 11.5. The van der Waals surface area contributed by atoms with E-state index in [1.807, 2.05) is 6.07 Å². The molecular formula is C16H17. The molecule has 2 aromatic rings. The number of rotatable bonds is 2. The second-order valence-corrected chi connectivity index (χ2v) is 4.56. The molecule has 0 aromatic heterocycles. The van der Waals surface area contributed by atoms with Crippen molar-refractivity contribution >= 4 is 0 Å². The predicted molar refractivity (Wildman–Crippen MR) is 69.5 cm³/mol. The van der Waals surface area contributed by atoms with E-state index < -0.39 is 0 Å². The van der Waals surface area contributed by atoms with Gasteiger partial charge in [0, 0.05) is 0 Å². The van der Waals surface area contributed by atoms with E-state index in [9.17, 15) is 0 Å². The normalized spacial score (nSPS) is 10.8. The highest BCUT2D eigenvalue weighted by atomic mass is 14.1. The molecule has 0 spiro atoms. The third kappa shape index (κ3) is 2.33. The van der Waals surface area contributed by atoms with E-state index >= 15 is 0 Å². The van der Waals surface area contributed by atoms with Gasteiger partial charge in [0.25, 0.3) is 0 Å². The molecule has 1 radical (unpaired) electrons. The zero-order valence-electron chi connectivity index (χ0n) is 10.1. The third-order valence-electron chi connectivity index (χ3n) is 2.86. The lowest BCUT2D eigenvalue weighted by atomic mass is 9.98. The lowest BCUT2D eigenvalue weighted by molar-refractivity contribution is 0.867. The van der Waals surface area contributed by atoms with Crippen LogP contribution < -0.4 is 0 Å². The van der Waals surface area contributed by atoms with Crippen molar-refractivity contribution in [2.75, 3.05) is 0 Å². The maximum absolute atomic E-state index is 3.30. The summed E-state index contributed by atoms with van der Waals surface area (Å²) in [7, 11) is 0. The van der Waals surface area contributed by atoms with Crippen molar-refractivity contribution in [3.8, 4) is 11.1 Å². The molecule has 0 heterocycles. The molecule has 81 valence electrons. The van der Waals surface area contributed by atoms with Crippen molar-refractivity contribution < 1.29 is 0 Å². The van der Waals surface area contributed by atoms with Crippen LogP contribution in [-0.4, -0.2) is 0 Å². The summed E-state index contributed by atoms with van der Waals surface area (Å²) < 4.78 is 0. The quantitative estimate of drug-likeness (QED) is 0.678. The Balaban J connectivity index is 2.31. The average molecular weight is 209 g/mol. The first-order chi connectivity index (χ1) is 7.66. The van der Waals surface area contributed by atoms with Gasteiger partial charge in [0.1, 0.15) is 0 Å². The van der Waals surface area contributed by atoms with E-state index in [1.54, 1.807) is 0 Å². The maximum Gasteiger partial charge on any atom is -0.00964 e. The Labute approximate surface area is 97.9 Å². The molecule has 0 aliphatic carbocycles. The Hall–Kier alpha value is -1.56. The first kappa shape index (κ1) is 10.9. The van der Waals surface area contributed by atoms with Crippen LogP contribution in [0.1, 0.15) is 30.9 Å². The minimum Gasteiger partial charge on any atom is -0.0587 e. The number of hydrogen-bond acceptors (Lipinski definition) is 0. The SMILES string of the molecule is Cc1c[c]c(-c2ccc(C(C)C)cc2)cc1. The molecule has 16 heavy (non-hydrogen) atoms. The van der Waals surface area contributed by atoms with Crippen molar-refractivity contribution in [1.82, 2.24) is 0 Å². The molecule has 0 saturated carbocycles. The van der Waals surface area contributed by atoms with Crippen molar-refractivity contribution in [1.29, 1.82) is 0 Å². The molecule has 0 aliphatic rings. The van der Waals surface area contributed by atoms with Crippen molar-refractivity contribution in [2.24, 2.45) is 0 Å². The minimum absolute atomic E-state index is 0.594. The summed E-state index contributed by atoms with van der Waals surface area (Å²) in [4.78, 5) is 0. The van der Waals surface area contributed by atoms with Crippen LogP contribution >= 0.6 is 0 Å². The molecule has 0 bridgehead atoms. The van der Waals surface area contributed by atoms with Crippen molar-refractivity contribution in [3.63, 3.8) is 0 Å². The van der Waals surface area contributed by atoms with E-state index in [-0.39, 0.29) is 0 Å². The molecular weight excluding hydrogens is 192 g/mol. The molecule has 0 saturated heterocycles. The van der Waals surface area contributed by atoms with E-state index in [2.05, 4.69) is 63.2 Å². The smallest absolute Gasteiger partial charge is 0.00964 e. The first-order valence-corrected chi connectivity index (χ1v) is 5.75. The van der Waals surface area contributed by atoms with Crippen LogP contribution in [0.2, 0.25) is 0 Å². The molecule has 2 aromatic carbocycles. The van der Waals surface area contributed by atoms with Gasteiger partial charge in [0.05, 0.1) is 0 Å². The predicted octanol–water partition coefficient (Wildman–Crippen LogP) is 4.59. The van der Waals surface area contributed by atoms with E-state index in [1.165, 1.54) is 22.3 Å². The summed E-state index contributed by atoms with van der Waals surface area (Å²) in [5, 5.41) is 0. The fraction of sp³-hybridized carbons (Fsp3) is 0.250. The second-order valence-electron chi connectivity index (χ2n) is 4.56. The molecule has 0 nitrogen and oxygen atoms in total. The summed E-state index contributed by atoms with van der Waals surface area (Å²) in [5.41, 5.74) is 5.05. The van der Waals surface area contributed by atoms with Gasteiger partial charge < -0.3 is 0 Å². The van der Waals surface area contributed by atoms with Gasteiger partial charge in [-0.05, 0) is 35.6 Å². The van der Waals surface area contributed by atoms with Gasteiger partial charge in [-0.3, -0.25) is 0 Å². The summed E-state index contributed by atoms with van der Waals surface area (Å²) >= 11 is 0. The second kappa shape index (κ2) is 4.52. The molecule has 2 rings (SSSR count). The van der Waals surface area contributed by atoms with Crippen molar-refractivity contribution in [3.05, 3.63) is 59.7 Å². The number of benzene rings is 2. The fourth-order valence-corrected chi connectivity index (χ4v) is 1.73. The molecule has 0 N–H and O–H groups in total. The highest BCUT2D eigenvalue weighted by Crippen LogP contribution is 2.22. The average Bonchev–Trinajstić information content (AvgIpc) is 2.30. The Bertz CT molecular complexity index is 446. The van der Waals surface area contributed by atoms with Crippen LogP contribution in [0.4, 0.5) is 0 Å². The van der Waals surface area contributed by atoms with E-state index in [0.29, 0.717) is 5.92 Å². The Morgan fingerprint density at radius 3 is 2.12 bits per heavy atom. The molecule has 0 unspecified atom stereocenters. The van der Waals surface area contributed by atoms with Gasteiger partial charge in [0.2, 0.25) is 0 Å². The number of aryl methyl sites for hydroxylation is 1. The van der Waals surface area contributed by atoms with Crippen LogP contribution in [0, 0.1) is 13.0 Å². The summed E-state index contributed by atoms with van der Waals surface area (Å²) in [5.74, 6) is 0.594. The fourth-order valence-electron chi connectivity index (χ4n) is 1.73. The zero-order valence-corrected chi connectivity index (χ0v) is 10.1. The molecule has 0 heteroatoms. The van der Waals surface area contributed by atoms with Crippen LogP contribution in [0.15, 0.2) is 42.5 Å². The monoisotopic (exact) mass is 209 g/mol. The van der Waals surface area contributed by atoms with Gasteiger partial charge in [-0.2, -0.15) is 0 Å². The highest BCUT2D eigenvalue weighted by Gasteiger charge is 2.00. The molecule has 0 amide bonds. The highest BCUT2D eigenvalue weighted by molar-refractivity contribution is 5.63. The van der Waals surface area contributed by atoms with Crippen LogP contribution in [-0.2, 0) is 0 Å². The third-order valence-corrected chi connectivity index (χ3v) is 2.86. The summed E-state index contributed by atoms with van der Waals surface area (Å²) in [6.07, 6.45) is 0. The molecule has 0 aliphatic heterocycles. The lowest BCUT2D eigenvalue weighted by Crippen LogP contribution is -1.86. The van der Waals surface area contributed by atoms with Gasteiger partial charge in [0.15, 0.2) is 0 Å². The Morgan fingerprint density at radius 2 is 1.62 bits per heavy atom. The van der Waals surface area contributed by atoms with Gasteiger partial charge >= 0.3 is 0 Å². The Kier molecular flexibility index (Phi) is 3.09. The van der Waals surface area contributed by atoms with Crippen molar-refractivity contribution in [2.45, 2.75) is 26.7 Å². The molecule has 0 fully saturated rings. The van der Waals surface area contributed by atoms with Gasteiger partial charge in [-0.15, -0.1) is 0 Å². The largest absolute Gasteiger partial charge is 0.0587 e.